The van der Waals surface area contributed by atoms with Crippen LogP contribution in [-0.4, -0.2) is 17.7 Å². The SMILES string of the molecule is C.CC(=O)C1CCC2C3C[C@H](F)C4=CC(=O)CCC4(C)C3CCC12C.[2HH]. The number of Topliss-reactive ketones (excluding diaryl/α,β-unsaturated/α-hetero) is 1. The van der Waals surface area contributed by atoms with E-state index in [1.807, 2.05) is 0 Å². The monoisotopic (exact) mass is 351 g/mol. The minimum atomic E-state index is -0.973. The molecule has 0 N–H and O–H groups in total. The molecule has 7 atom stereocenters. The van der Waals surface area contributed by atoms with Crippen LogP contribution >= 0.6 is 0 Å². The first-order valence-corrected chi connectivity index (χ1v) is 9.67. The zero-order valence-electron chi connectivity index (χ0n) is 15.1. The largest absolute Gasteiger partial charge is 0.300 e. The van der Waals surface area contributed by atoms with Crippen LogP contribution in [0.15, 0.2) is 11.6 Å². The van der Waals surface area contributed by atoms with Gasteiger partial charge in [0.15, 0.2) is 5.78 Å². The van der Waals surface area contributed by atoms with E-state index in [-0.39, 0.29) is 31.4 Å². The lowest BCUT2D eigenvalue weighted by Crippen LogP contribution is -2.53. The highest BCUT2D eigenvalue weighted by Crippen LogP contribution is 2.66. The van der Waals surface area contributed by atoms with E-state index in [0.717, 1.165) is 37.7 Å². The van der Waals surface area contributed by atoms with Gasteiger partial charge >= 0.3 is 0 Å². The van der Waals surface area contributed by atoms with Crippen molar-refractivity contribution in [3.63, 3.8) is 0 Å². The van der Waals surface area contributed by atoms with Gasteiger partial charge in [0, 0.05) is 13.8 Å². The molecule has 0 aliphatic heterocycles. The fraction of sp³-hybridized carbons (Fsp3) is 0.818. The summed E-state index contributed by atoms with van der Waals surface area (Å²) in [7, 11) is 0. The molecule has 2 nitrogen and oxygen atoms in total. The summed E-state index contributed by atoms with van der Waals surface area (Å²) in [5.74, 6) is 1.91. The first-order chi connectivity index (χ1) is 11.3. The van der Waals surface area contributed by atoms with Gasteiger partial charge < -0.3 is 0 Å². The lowest BCUT2D eigenvalue weighted by Gasteiger charge is -2.58. The van der Waals surface area contributed by atoms with E-state index in [9.17, 15) is 9.59 Å². The van der Waals surface area contributed by atoms with Crippen molar-refractivity contribution >= 4 is 11.6 Å². The first kappa shape index (κ1) is 18.8. The lowest BCUT2D eigenvalue weighted by molar-refractivity contribution is -0.129. The maximum Gasteiger partial charge on any atom is 0.155 e. The average Bonchev–Trinajstić information content (AvgIpc) is 2.87. The Morgan fingerprint density at radius 3 is 2.60 bits per heavy atom. The number of hydrogen-bond donors (Lipinski definition) is 0. The summed E-state index contributed by atoms with van der Waals surface area (Å²) < 4.78 is 15.1. The molecule has 3 heteroatoms. The summed E-state index contributed by atoms with van der Waals surface area (Å²) in [4.78, 5) is 24.0. The summed E-state index contributed by atoms with van der Waals surface area (Å²) in [5.41, 5.74) is 0.699. The van der Waals surface area contributed by atoms with Gasteiger partial charge in [-0.25, -0.2) is 4.39 Å². The number of carbonyl (C=O) groups is 2. The summed E-state index contributed by atoms with van der Waals surface area (Å²) in [6.07, 6.45) is 6.80. The Balaban J connectivity index is 0.00000121. The molecule has 3 saturated carbocycles. The molecule has 0 saturated heterocycles. The van der Waals surface area contributed by atoms with Gasteiger partial charge in [-0.05, 0) is 85.7 Å². The van der Waals surface area contributed by atoms with Crippen molar-refractivity contribution in [3.05, 3.63) is 11.6 Å². The van der Waals surface area contributed by atoms with Gasteiger partial charge in [0.05, 0.1) is 0 Å². The maximum atomic E-state index is 15.1. The predicted molar refractivity (Wildman–Crippen MR) is 100 cm³/mol. The molecular formula is C22H35FO2. The zero-order valence-corrected chi connectivity index (χ0v) is 15.1. The summed E-state index contributed by atoms with van der Waals surface area (Å²) in [5, 5.41) is 0. The Hall–Kier alpha value is -0.990. The minimum Gasteiger partial charge on any atom is -0.300 e. The number of ketones is 2. The van der Waals surface area contributed by atoms with Crippen molar-refractivity contribution in [3.8, 4) is 0 Å². The van der Waals surface area contributed by atoms with Crippen LogP contribution in [0, 0.1) is 34.5 Å². The van der Waals surface area contributed by atoms with Gasteiger partial charge in [0.25, 0.3) is 0 Å². The molecule has 0 heterocycles. The standard InChI is InChI=1S/C21H29FO2.CH4.H2/c1-12(23)15-4-5-16-14-11-19(22)18-10-13(24)6-8-21(18,3)17(14)7-9-20(15,16)2;;/h10,14-17,19H,4-9,11H2,1-3H3;1H4;1H/t14?,15?,16?,17?,19-,20?,21?;;/m0../s1/i;;1+1. The second kappa shape index (κ2) is 6.03. The van der Waals surface area contributed by atoms with E-state index >= 15 is 4.39 Å². The second-order valence-electron chi connectivity index (χ2n) is 9.35. The van der Waals surface area contributed by atoms with Crippen LogP contribution in [0.4, 0.5) is 4.39 Å². The van der Waals surface area contributed by atoms with E-state index in [4.69, 9.17) is 0 Å². The van der Waals surface area contributed by atoms with Crippen LogP contribution in [0.2, 0.25) is 0 Å². The lowest BCUT2D eigenvalue weighted by atomic mass is 9.46. The van der Waals surface area contributed by atoms with Gasteiger partial charge in [-0.3, -0.25) is 9.59 Å². The Bertz CT molecular complexity index is 630. The van der Waals surface area contributed by atoms with Crippen molar-refractivity contribution in [2.24, 2.45) is 34.5 Å². The number of alkyl halides is 1. The van der Waals surface area contributed by atoms with Crippen molar-refractivity contribution in [1.29, 1.82) is 0 Å². The minimum absolute atomic E-state index is 0. The highest BCUT2D eigenvalue weighted by atomic mass is 19.1. The topological polar surface area (TPSA) is 34.1 Å². The Kier molecular flexibility index (Phi) is 4.53. The maximum absolute atomic E-state index is 15.1. The molecule has 4 aliphatic carbocycles. The molecule has 4 rings (SSSR count). The Morgan fingerprint density at radius 2 is 1.92 bits per heavy atom. The van der Waals surface area contributed by atoms with Gasteiger partial charge in [0.2, 0.25) is 0 Å². The van der Waals surface area contributed by atoms with Crippen LogP contribution in [0.3, 0.4) is 0 Å². The second-order valence-corrected chi connectivity index (χ2v) is 9.35. The third-order valence-corrected chi connectivity index (χ3v) is 8.43. The number of halogens is 1. The summed E-state index contributed by atoms with van der Waals surface area (Å²) in [6, 6.07) is 0. The van der Waals surface area contributed by atoms with Crippen molar-refractivity contribution in [1.82, 2.24) is 0 Å². The molecule has 0 amide bonds. The molecule has 3 fully saturated rings. The molecule has 142 valence electrons. The van der Waals surface area contributed by atoms with Gasteiger partial charge in [0.1, 0.15) is 12.0 Å². The third kappa shape index (κ3) is 2.48. The van der Waals surface area contributed by atoms with E-state index in [1.165, 1.54) is 0 Å². The molecule has 6 unspecified atom stereocenters. The van der Waals surface area contributed by atoms with Crippen LogP contribution < -0.4 is 0 Å². The highest BCUT2D eigenvalue weighted by molar-refractivity contribution is 5.91. The quantitative estimate of drug-likeness (QED) is 0.620. The zero-order chi connectivity index (χ0) is 17.3. The van der Waals surface area contributed by atoms with E-state index < -0.39 is 6.17 Å². The highest BCUT2D eigenvalue weighted by Gasteiger charge is 2.61. The third-order valence-electron chi connectivity index (χ3n) is 8.43. The molecular weight excluding hydrogens is 315 g/mol. The predicted octanol–water partition coefficient (Wildman–Crippen LogP) is 5.55. The smallest absolute Gasteiger partial charge is 0.155 e. The summed E-state index contributed by atoms with van der Waals surface area (Å²) in [6.45, 7) is 6.23. The first-order valence-electron chi connectivity index (χ1n) is 9.67. The Morgan fingerprint density at radius 1 is 1.20 bits per heavy atom. The molecule has 0 bridgehead atoms. The number of carbonyl (C=O) groups excluding carboxylic acids is 2. The molecule has 0 spiro atoms. The fourth-order valence-corrected chi connectivity index (χ4v) is 7.23. The van der Waals surface area contributed by atoms with Crippen molar-refractivity contribution < 1.29 is 15.4 Å². The fourth-order valence-electron chi connectivity index (χ4n) is 7.23. The number of fused-ring (bicyclic) bond motifs is 5. The average molecular weight is 352 g/mol. The number of hydrogen-bond acceptors (Lipinski definition) is 2. The van der Waals surface area contributed by atoms with Crippen LogP contribution in [0.25, 0.3) is 0 Å². The molecule has 4 aliphatic rings. The van der Waals surface area contributed by atoms with E-state index in [2.05, 4.69) is 13.8 Å². The summed E-state index contributed by atoms with van der Waals surface area (Å²) >= 11 is 0. The molecule has 0 aromatic heterocycles. The Labute approximate surface area is 153 Å². The molecule has 25 heavy (non-hydrogen) atoms. The van der Waals surface area contributed by atoms with Gasteiger partial charge in [-0.2, -0.15) is 0 Å². The molecule has 0 aromatic carbocycles. The number of rotatable bonds is 1. The molecule has 0 radical (unpaired) electrons. The van der Waals surface area contributed by atoms with Crippen molar-refractivity contribution in [2.75, 3.05) is 0 Å². The number of allylic oxidation sites excluding steroid dienone is 1. The van der Waals surface area contributed by atoms with Gasteiger partial charge in [-0.15, -0.1) is 0 Å². The normalized spacial score (nSPS) is 48.6. The van der Waals surface area contributed by atoms with Crippen molar-refractivity contribution in [2.45, 2.75) is 79.3 Å². The van der Waals surface area contributed by atoms with Crippen LogP contribution in [-0.2, 0) is 9.59 Å². The molecule has 0 aromatic rings. The van der Waals surface area contributed by atoms with Crippen LogP contribution in [0.1, 0.15) is 74.6 Å². The van der Waals surface area contributed by atoms with E-state index in [0.29, 0.717) is 36.4 Å². The van der Waals surface area contributed by atoms with Crippen LogP contribution in [0.5, 0.6) is 0 Å². The van der Waals surface area contributed by atoms with E-state index in [1.54, 1.807) is 13.0 Å². The van der Waals surface area contributed by atoms with Gasteiger partial charge in [-0.1, -0.05) is 21.3 Å².